The Morgan fingerprint density at radius 1 is 1.22 bits per heavy atom. The van der Waals surface area contributed by atoms with Crippen LogP contribution in [0.15, 0.2) is 24.3 Å². The highest BCUT2D eigenvalue weighted by Gasteiger charge is 2.30. The lowest BCUT2D eigenvalue weighted by Crippen LogP contribution is -2.39. The minimum absolute atomic E-state index is 0. The number of hydrogen-bond acceptors (Lipinski definition) is 2. The molecule has 1 saturated heterocycles. The first-order valence-corrected chi connectivity index (χ1v) is 5.57. The zero-order chi connectivity index (χ0) is 12.3. The van der Waals surface area contributed by atoms with E-state index < -0.39 is 11.7 Å². The Bertz CT molecular complexity index is 361. The third kappa shape index (κ3) is 4.15. The van der Waals surface area contributed by atoms with Gasteiger partial charge in [-0.3, -0.25) is 5.32 Å². The van der Waals surface area contributed by atoms with E-state index in [0.717, 1.165) is 30.7 Å². The maximum absolute atomic E-state index is 12.3. The van der Waals surface area contributed by atoms with Crippen LogP contribution in [0, 0.1) is 0 Å². The first kappa shape index (κ1) is 15.3. The second-order valence-corrected chi connectivity index (χ2v) is 4.07. The molecule has 2 rings (SSSR count). The molecular formula is C12H15ClF3NO. The zero-order valence-corrected chi connectivity index (χ0v) is 10.5. The van der Waals surface area contributed by atoms with Gasteiger partial charge in [-0.25, -0.2) is 0 Å². The predicted molar refractivity (Wildman–Crippen MR) is 64.8 cm³/mol. The van der Waals surface area contributed by atoms with E-state index in [1.54, 1.807) is 0 Å². The molecule has 0 aromatic heterocycles. The summed E-state index contributed by atoms with van der Waals surface area (Å²) in [5.74, 6) is 0. The van der Waals surface area contributed by atoms with Gasteiger partial charge in [0.1, 0.15) is 6.23 Å². The van der Waals surface area contributed by atoms with E-state index in [4.69, 9.17) is 4.74 Å². The summed E-state index contributed by atoms with van der Waals surface area (Å²) in [4.78, 5) is 0. The topological polar surface area (TPSA) is 21.3 Å². The number of ether oxygens (including phenoxy) is 1. The Morgan fingerprint density at radius 3 is 2.39 bits per heavy atom. The fourth-order valence-corrected chi connectivity index (χ4v) is 1.79. The molecule has 1 aliphatic rings. The number of benzene rings is 1. The molecule has 0 bridgehead atoms. The highest BCUT2D eigenvalue weighted by Crippen LogP contribution is 2.29. The molecule has 18 heavy (non-hydrogen) atoms. The van der Waals surface area contributed by atoms with Crippen molar-refractivity contribution in [2.45, 2.75) is 25.2 Å². The van der Waals surface area contributed by atoms with E-state index >= 15 is 0 Å². The fourth-order valence-electron chi connectivity index (χ4n) is 1.79. The normalized spacial score (nSPS) is 20.3. The van der Waals surface area contributed by atoms with E-state index in [2.05, 4.69) is 5.32 Å². The van der Waals surface area contributed by atoms with Crippen LogP contribution in [0.2, 0.25) is 0 Å². The Kier molecular flexibility index (Phi) is 5.44. The van der Waals surface area contributed by atoms with Crippen LogP contribution in [0.5, 0.6) is 0 Å². The number of alkyl halides is 3. The van der Waals surface area contributed by atoms with Crippen molar-refractivity contribution >= 4 is 12.4 Å². The van der Waals surface area contributed by atoms with Gasteiger partial charge in [0.25, 0.3) is 0 Å². The van der Waals surface area contributed by atoms with Crippen LogP contribution in [0.25, 0.3) is 0 Å². The third-order valence-electron chi connectivity index (χ3n) is 2.71. The lowest BCUT2D eigenvalue weighted by atomic mass is 10.1. The summed E-state index contributed by atoms with van der Waals surface area (Å²) in [6.45, 7) is 1.60. The zero-order valence-electron chi connectivity index (χ0n) is 9.67. The van der Waals surface area contributed by atoms with Crippen LogP contribution in [0.1, 0.15) is 17.5 Å². The summed E-state index contributed by atoms with van der Waals surface area (Å²) >= 11 is 0. The molecule has 1 atom stereocenters. The lowest BCUT2D eigenvalue weighted by Gasteiger charge is -2.24. The summed E-state index contributed by atoms with van der Waals surface area (Å²) < 4.78 is 42.5. The number of halogens is 4. The van der Waals surface area contributed by atoms with Crippen molar-refractivity contribution in [3.05, 3.63) is 35.4 Å². The largest absolute Gasteiger partial charge is 0.416 e. The van der Waals surface area contributed by atoms with E-state index in [1.807, 2.05) is 0 Å². The first-order valence-electron chi connectivity index (χ1n) is 5.57. The average molecular weight is 282 g/mol. The molecule has 0 amide bonds. The van der Waals surface area contributed by atoms with E-state index in [-0.39, 0.29) is 18.6 Å². The summed E-state index contributed by atoms with van der Waals surface area (Å²) in [5, 5.41) is 3.17. The van der Waals surface area contributed by atoms with Crippen molar-refractivity contribution in [2.24, 2.45) is 0 Å². The molecule has 1 N–H and O–H groups in total. The molecule has 0 saturated carbocycles. The molecule has 1 aliphatic heterocycles. The lowest BCUT2D eigenvalue weighted by molar-refractivity contribution is -0.137. The van der Waals surface area contributed by atoms with Gasteiger partial charge in [0.05, 0.1) is 5.56 Å². The quantitative estimate of drug-likeness (QED) is 0.900. The van der Waals surface area contributed by atoms with E-state index in [9.17, 15) is 13.2 Å². The maximum Gasteiger partial charge on any atom is 0.416 e. The summed E-state index contributed by atoms with van der Waals surface area (Å²) in [7, 11) is 0. The maximum atomic E-state index is 12.3. The van der Waals surface area contributed by atoms with Crippen molar-refractivity contribution in [1.29, 1.82) is 0 Å². The van der Waals surface area contributed by atoms with Crippen LogP contribution in [0.4, 0.5) is 13.2 Å². The molecule has 1 heterocycles. The van der Waals surface area contributed by atoms with Crippen LogP contribution in [0.3, 0.4) is 0 Å². The Hall–Kier alpha value is -0.780. The van der Waals surface area contributed by atoms with Crippen molar-refractivity contribution in [3.8, 4) is 0 Å². The van der Waals surface area contributed by atoms with Gasteiger partial charge >= 0.3 is 6.18 Å². The second kappa shape index (κ2) is 6.41. The number of hydrogen-bond donors (Lipinski definition) is 1. The second-order valence-electron chi connectivity index (χ2n) is 4.07. The monoisotopic (exact) mass is 281 g/mol. The molecule has 102 valence electrons. The molecule has 0 radical (unpaired) electrons. The van der Waals surface area contributed by atoms with Crippen LogP contribution >= 0.6 is 12.4 Å². The third-order valence-corrected chi connectivity index (χ3v) is 2.71. The SMILES string of the molecule is Cl.FC(F)(F)c1ccc(CC2NCCCO2)cc1. The molecule has 6 heteroatoms. The summed E-state index contributed by atoms with van der Waals surface area (Å²) in [5.41, 5.74) is 0.233. The fraction of sp³-hybridized carbons (Fsp3) is 0.500. The molecule has 1 fully saturated rings. The van der Waals surface area contributed by atoms with E-state index in [0.29, 0.717) is 13.0 Å². The minimum atomic E-state index is -4.27. The molecule has 1 aromatic carbocycles. The van der Waals surface area contributed by atoms with Gasteiger partial charge in [0.15, 0.2) is 0 Å². The van der Waals surface area contributed by atoms with E-state index in [1.165, 1.54) is 12.1 Å². The molecule has 1 unspecified atom stereocenters. The standard InChI is InChI=1S/C12H14F3NO.ClH/c13-12(14,15)10-4-2-9(3-5-10)8-11-16-6-1-7-17-11;/h2-5,11,16H,1,6-8H2;1H. The van der Waals surface area contributed by atoms with Gasteiger partial charge in [0.2, 0.25) is 0 Å². The van der Waals surface area contributed by atoms with Gasteiger partial charge in [0, 0.05) is 13.0 Å². The molecule has 2 nitrogen and oxygen atoms in total. The Morgan fingerprint density at radius 2 is 1.89 bits per heavy atom. The molecule has 0 aliphatic carbocycles. The summed E-state index contributed by atoms with van der Waals surface area (Å²) in [6.07, 6.45) is -2.78. The van der Waals surface area contributed by atoms with Gasteiger partial charge in [-0.05, 0) is 30.7 Å². The van der Waals surface area contributed by atoms with Crippen molar-refractivity contribution in [2.75, 3.05) is 13.2 Å². The van der Waals surface area contributed by atoms with Crippen molar-refractivity contribution < 1.29 is 17.9 Å². The molecule has 0 spiro atoms. The number of nitrogens with one attached hydrogen (secondary N) is 1. The highest BCUT2D eigenvalue weighted by molar-refractivity contribution is 5.85. The molecule has 1 aromatic rings. The minimum Gasteiger partial charge on any atom is -0.363 e. The van der Waals surface area contributed by atoms with Crippen molar-refractivity contribution in [3.63, 3.8) is 0 Å². The Balaban J connectivity index is 0.00000162. The van der Waals surface area contributed by atoms with Crippen LogP contribution in [-0.4, -0.2) is 19.4 Å². The molecular weight excluding hydrogens is 267 g/mol. The van der Waals surface area contributed by atoms with Crippen molar-refractivity contribution in [1.82, 2.24) is 5.32 Å². The summed E-state index contributed by atoms with van der Waals surface area (Å²) in [6, 6.07) is 5.22. The highest BCUT2D eigenvalue weighted by atomic mass is 35.5. The van der Waals surface area contributed by atoms with Crippen LogP contribution in [-0.2, 0) is 17.3 Å². The van der Waals surface area contributed by atoms with Gasteiger partial charge < -0.3 is 4.74 Å². The number of rotatable bonds is 2. The average Bonchev–Trinajstić information content (AvgIpc) is 2.30. The predicted octanol–water partition coefficient (Wildman–Crippen LogP) is 3.01. The van der Waals surface area contributed by atoms with Gasteiger partial charge in [-0.2, -0.15) is 13.2 Å². The smallest absolute Gasteiger partial charge is 0.363 e. The Labute approximate surface area is 110 Å². The van der Waals surface area contributed by atoms with Gasteiger partial charge in [-0.15, -0.1) is 12.4 Å². The van der Waals surface area contributed by atoms with Crippen LogP contribution < -0.4 is 5.32 Å². The van der Waals surface area contributed by atoms with Gasteiger partial charge in [-0.1, -0.05) is 12.1 Å². The first-order chi connectivity index (χ1) is 8.05.